The number of hydrogen-bond donors (Lipinski definition) is 2. The Balaban J connectivity index is 2.59. The van der Waals surface area contributed by atoms with Crippen molar-refractivity contribution in [3.05, 3.63) is 0 Å². The van der Waals surface area contributed by atoms with Crippen molar-refractivity contribution in [1.82, 2.24) is 4.90 Å². The van der Waals surface area contributed by atoms with Crippen molar-refractivity contribution in [2.75, 3.05) is 26.7 Å². The summed E-state index contributed by atoms with van der Waals surface area (Å²) in [6.45, 7) is 4.94. The Kier molecular flexibility index (Phi) is 3.93. The molecule has 2 atom stereocenters. The molecule has 5 nitrogen and oxygen atoms in total. The SMILES string of the molecule is COC1(C)CCCN(CC(C)(O)C(=O)O)C1. The van der Waals surface area contributed by atoms with Crippen LogP contribution in [0.5, 0.6) is 0 Å². The Morgan fingerprint density at radius 2 is 2.25 bits per heavy atom. The highest BCUT2D eigenvalue weighted by Crippen LogP contribution is 2.24. The van der Waals surface area contributed by atoms with Gasteiger partial charge < -0.3 is 14.9 Å². The zero-order chi connectivity index (χ0) is 12.4. The lowest BCUT2D eigenvalue weighted by molar-refractivity contribution is -0.160. The first-order chi connectivity index (χ1) is 7.29. The molecule has 2 unspecified atom stereocenters. The molecule has 0 amide bonds. The van der Waals surface area contributed by atoms with Crippen molar-refractivity contribution >= 4 is 5.97 Å². The number of nitrogens with zero attached hydrogens (tertiary/aromatic N) is 1. The van der Waals surface area contributed by atoms with Crippen LogP contribution < -0.4 is 0 Å². The number of methoxy groups -OCH3 is 1. The molecule has 94 valence electrons. The molecule has 0 aliphatic carbocycles. The summed E-state index contributed by atoms with van der Waals surface area (Å²) >= 11 is 0. The van der Waals surface area contributed by atoms with Gasteiger partial charge >= 0.3 is 5.97 Å². The molecule has 1 saturated heterocycles. The maximum Gasteiger partial charge on any atom is 0.336 e. The van der Waals surface area contributed by atoms with Gasteiger partial charge in [0.15, 0.2) is 5.60 Å². The Morgan fingerprint density at radius 3 is 2.75 bits per heavy atom. The van der Waals surface area contributed by atoms with E-state index in [9.17, 15) is 9.90 Å². The molecule has 16 heavy (non-hydrogen) atoms. The van der Waals surface area contributed by atoms with E-state index in [-0.39, 0.29) is 12.1 Å². The molecule has 0 aromatic heterocycles. The summed E-state index contributed by atoms with van der Waals surface area (Å²) in [6.07, 6.45) is 1.93. The molecule has 2 N–H and O–H groups in total. The Bertz CT molecular complexity index is 267. The average Bonchev–Trinajstić information content (AvgIpc) is 2.17. The predicted octanol–water partition coefficient (Wildman–Crippen LogP) is 0.323. The number of aliphatic carboxylic acids is 1. The van der Waals surface area contributed by atoms with E-state index in [0.717, 1.165) is 19.4 Å². The minimum absolute atomic E-state index is 0.140. The van der Waals surface area contributed by atoms with E-state index in [2.05, 4.69) is 0 Å². The van der Waals surface area contributed by atoms with Gasteiger partial charge in [0.1, 0.15) is 0 Å². The molecule has 1 aliphatic heterocycles. The lowest BCUT2D eigenvalue weighted by Crippen LogP contribution is -2.54. The molecular formula is C11H21NO4. The van der Waals surface area contributed by atoms with Gasteiger partial charge in [-0.1, -0.05) is 0 Å². The van der Waals surface area contributed by atoms with Gasteiger partial charge in [0.2, 0.25) is 0 Å². The third-order valence-corrected chi connectivity index (χ3v) is 3.22. The average molecular weight is 231 g/mol. The van der Waals surface area contributed by atoms with E-state index in [1.807, 2.05) is 11.8 Å². The zero-order valence-electron chi connectivity index (χ0n) is 10.2. The minimum Gasteiger partial charge on any atom is -0.479 e. The van der Waals surface area contributed by atoms with Crippen molar-refractivity contribution in [2.24, 2.45) is 0 Å². The van der Waals surface area contributed by atoms with Crippen LogP contribution in [0.15, 0.2) is 0 Å². The zero-order valence-corrected chi connectivity index (χ0v) is 10.2. The van der Waals surface area contributed by atoms with Crippen LogP contribution in [0.2, 0.25) is 0 Å². The van der Waals surface area contributed by atoms with E-state index >= 15 is 0 Å². The number of carbonyl (C=O) groups is 1. The lowest BCUT2D eigenvalue weighted by Gasteiger charge is -2.41. The van der Waals surface area contributed by atoms with E-state index in [1.165, 1.54) is 6.92 Å². The highest BCUT2D eigenvalue weighted by Gasteiger charge is 2.37. The van der Waals surface area contributed by atoms with Gasteiger partial charge in [-0.15, -0.1) is 0 Å². The maximum absolute atomic E-state index is 10.8. The van der Waals surface area contributed by atoms with Gasteiger partial charge in [0.05, 0.1) is 5.60 Å². The molecule has 1 fully saturated rings. The second kappa shape index (κ2) is 4.69. The van der Waals surface area contributed by atoms with E-state index in [1.54, 1.807) is 7.11 Å². The van der Waals surface area contributed by atoms with Crippen molar-refractivity contribution in [3.63, 3.8) is 0 Å². The highest BCUT2D eigenvalue weighted by molar-refractivity contribution is 5.76. The van der Waals surface area contributed by atoms with E-state index in [0.29, 0.717) is 6.54 Å². The van der Waals surface area contributed by atoms with Crippen LogP contribution in [0.25, 0.3) is 0 Å². The van der Waals surface area contributed by atoms with Crippen LogP contribution in [-0.4, -0.2) is 59.0 Å². The summed E-state index contributed by atoms with van der Waals surface area (Å²) in [5, 5.41) is 18.6. The Labute approximate surface area is 96.0 Å². The van der Waals surface area contributed by atoms with Gasteiger partial charge in [-0.05, 0) is 33.2 Å². The number of carboxylic acids is 1. The van der Waals surface area contributed by atoms with Crippen molar-refractivity contribution < 1.29 is 19.7 Å². The van der Waals surface area contributed by atoms with Crippen LogP contribution in [0.3, 0.4) is 0 Å². The van der Waals surface area contributed by atoms with Crippen LogP contribution in [0, 0.1) is 0 Å². The van der Waals surface area contributed by atoms with Crippen LogP contribution in [0.4, 0.5) is 0 Å². The molecular weight excluding hydrogens is 210 g/mol. The third kappa shape index (κ3) is 3.17. The number of β-amino-alcohol motifs (C(OH)–C–C–N with tert-alkyl or cyclic N) is 1. The molecule has 1 aliphatic rings. The second-order valence-electron chi connectivity index (χ2n) is 5.05. The standard InChI is InChI=1S/C11H21NO4/c1-10(16-3)5-4-6-12(7-10)8-11(2,15)9(13)14/h15H,4-8H2,1-3H3,(H,13,14). The minimum atomic E-state index is -1.69. The smallest absolute Gasteiger partial charge is 0.336 e. The van der Waals surface area contributed by atoms with Crippen LogP contribution in [0.1, 0.15) is 26.7 Å². The quantitative estimate of drug-likeness (QED) is 0.729. The predicted molar refractivity (Wildman–Crippen MR) is 59.3 cm³/mol. The summed E-state index contributed by atoms with van der Waals surface area (Å²) in [5.41, 5.74) is -1.92. The maximum atomic E-state index is 10.8. The van der Waals surface area contributed by atoms with Crippen molar-refractivity contribution in [3.8, 4) is 0 Å². The number of aliphatic hydroxyl groups is 1. The molecule has 0 spiro atoms. The largest absolute Gasteiger partial charge is 0.479 e. The third-order valence-electron chi connectivity index (χ3n) is 3.22. The number of likely N-dealkylation sites (tertiary alicyclic amines) is 1. The van der Waals surface area contributed by atoms with Gasteiger partial charge in [0, 0.05) is 20.2 Å². The summed E-state index contributed by atoms with van der Waals surface area (Å²) in [7, 11) is 1.67. The number of carboxylic acid groups (broad SMARTS) is 1. The summed E-state index contributed by atoms with van der Waals surface area (Å²) in [5.74, 6) is -1.18. The molecule has 0 saturated carbocycles. The number of hydrogen-bond acceptors (Lipinski definition) is 4. The van der Waals surface area contributed by atoms with Crippen LogP contribution in [-0.2, 0) is 9.53 Å². The number of rotatable bonds is 4. The number of ether oxygens (including phenoxy) is 1. The molecule has 0 bridgehead atoms. The monoisotopic (exact) mass is 231 g/mol. The Hall–Kier alpha value is -0.650. The summed E-state index contributed by atoms with van der Waals surface area (Å²) in [4.78, 5) is 12.8. The van der Waals surface area contributed by atoms with Gasteiger partial charge in [-0.3, -0.25) is 4.90 Å². The highest BCUT2D eigenvalue weighted by atomic mass is 16.5. The molecule has 5 heteroatoms. The summed E-state index contributed by atoms with van der Waals surface area (Å²) in [6, 6.07) is 0. The van der Waals surface area contributed by atoms with Crippen molar-refractivity contribution in [1.29, 1.82) is 0 Å². The summed E-state index contributed by atoms with van der Waals surface area (Å²) < 4.78 is 5.41. The molecule has 0 aromatic rings. The first-order valence-corrected chi connectivity index (χ1v) is 5.52. The van der Waals surface area contributed by atoms with E-state index in [4.69, 9.17) is 9.84 Å². The fraction of sp³-hybridized carbons (Fsp3) is 0.909. The Morgan fingerprint density at radius 1 is 1.62 bits per heavy atom. The molecule has 1 rings (SSSR count). The molecule has 0 aromatic carbocycles. The number of piperidine rings is 1. The lowest BCUT2D eigenvalue weighted by atomic mass is 9.93. The first kappa shape index (κ1) is 13.4. The van der Waals surface area contributed by atoms with Crippen molar-refractivity contribution in [2.45, 2.75) is 37.9 Å². The first-order valence-electron chi connectivity index (χ1n) is 5.52. The fourth-order valence-electron chi connectivity index (χ4n) is 2.11. The van der Waals surface area contributed by atoms with Crippen LogP contribution >= 0.6 is 0 Å². The van der Waals surface area contributed by atoms with E-state index < -0.39 is 11.6 Å². The van der Waals surface area contributed by atoms with Gasteiger partial charge in [0.25, 0.3) is 0 Å². The van der Waals surface area contributed by atoms with Gasteiger partial charge in [-0.25, -0.2) is 4.79 Å². The topological polar surface area (TPSA) is 70.0 Å². The normalized spacial score (nSPS) is 31.0. The fourth-order valence-corrected chi connectivity index (χ4v) is 2.11. The van der Waals surface area contributed by atoms with Gasteiger partial charge in [-0.2, -0.15) is 0 Å². The second-order valence-corrected chi connectivity index (χ2v) is 5.05. The molecule has 1 heterocycles. The molecule has 0 radical (unpaired) electrons.